The molecule has 0 aromatic heterocycles. The standard InChI is InChI=1S/C28H43N2P/c1-4-12-23(13-5-1)22-31(24-14-6-2-7-15-24,25-16-8-3-9-17-25)27-19-11-10-18-26(27)28-29-20-21-30-28/h1,4-5,12-13,22,24-25,27,29-30H,2-3,6-11,14-21H2. The van der Waals surface area contributed by atoms with Gasteiger partial charge in [-0.1, -0.05) is 88.0 Å². The molecule has 31 heavy (non-hydrogen) atoms. The molecular weight excluding hydrogens is 395 g/mol. The van der Waals surface area contributed by atoms with Crippen LogP contribution in [0, 0.1) is 0 Å². The van der Waals surface area contributed by atoms with Gasteiger partial charge in [-0.3, -0.25) is 0 Å². The van der Waals surface area contributed by atoms with Crippen LogP contribution in [0.15, 0.2) is 41.7 Å². The Bertz CT molecular complexity index is 770. The van der Waals surface area contributed by atoms with Gasteiger partial charge in [0.15, 0.2) is 0 Å². The number of hydrogen-bond acceptors (Lipinski definition) is 2. The van der Waals surface area contributed by atoms with Crippen LogP contribution in [0.4, 0.5) is 0 Å². The van der Waals surface area contributed by atoms with E-state index in [2.05, 4.69) is 46.8 Å². The predicted molar refractivity (Wildman–Crippen MR) is 138 cm³/mol. The zero-order chi connectivity index (χ0) is 20.9. The lowest BCUT2D eigenvalue weighted by atomic mass is 9.94. The first-order chi connectivity index (χ1) is 15.4. The molecule has 0 amide bonds. The fraction of sp³-hybridized carbons (Fsp3) is 0.679. The highest BCUT2D eigenvalue weighted by molar-refractivity contribution is 7.77. The first-order valence-electron chi connectivity index (χ1n) is 13.4. The molecule has 1 unspecified atom stereocenters. The summed E-state index contributed by atoms with van der Waals surface area (Å²) in [7, 11) is 0. The van der Waals surface area contributed by atoms with Gasteiger partial charge >= 0.3 is 0 Å². The second-order valence-electron chi connectivity index (χ2n) is 10.5. The number of nitrogens with one attached hydrogen (secondary N) is 2. The monoisotopic (exact) mass is 438 g/mol. The van der Waals surface area contributed by atoms with Crippen molar-refractivity contribution in [2.45, 2.75) is 107 Å². The van der Waals surface area contributed by atoms with E-state index in [-0.39, 0.29) is 0 Å². The van der Waals surface area contributed by atoms with Crippen molar-refractivity contribution in [2.24, 2.45) is 0 Å². The lowest BCUT2D eigenvalue weighted by Crippen LogP contribution is -2.35. The first-order valence-corrected chi connectivity index (χ1v) is 15.4. The average Bonchev–Trinajstić information content (AvgIpc) is 3.39. The Kier molecular flexibility index (Phi) is 7.14. The molecule has 1 atom stereocenters. The Morgan fingerprint density at radius 3 is 1.87 bits per heavy atom. The van der Waals surface area contributed by atoms with Gasteiger partial charge in [0.25, 0.3) is 0 Å². The van der Waals surface area contributed by atoms with Crippen LogP contribution in [0.2, 0.25) is 0 Å². The molecule has 1 aromatic carbocycles. The summed E-state index contributed by atoms with van der Waals surface area (Å²) in [5.74, 6) is 4.40. The van der Waals surface area contributed by atoms with E-state index >= 15 is 0 Å². The summed E-state index contributed by atoms with van der Waals surface area (Å²) < 4.78 is 0. The minimum Gasteiger partial charge on any atom is -0.370 e. The van der Waals surface area contributed by atoms with E-state index in [0.717, 1.165) is 30.1 Å². The molecule has 3 heteroatoms. The third kappa shape index (κ3) is 4.52. The fourth-order valence-corrected chi connectivity index (χ4v) is 14.3. The van der Waals surface area contributed by atoms with E-state index in [4.69, 9.17) is 0 Å². The molecule has 1 aromatic rings. The summed E-state index contributed by atoms with van der Waals surface area (Å²) in [5.41, 5.74) is 6.07. The summed E-state index contributed by atoms with van der Waals surface area (Å²) in [4.78, 5) is 0. The topological polar surface area (TPSA) is 24.1 Å². The molecule has 4 fully saturated rings. The average molecular weight is 439 g/mol. The molecule has 2 nitrogen and oxygen atoms in total. The van der Waals surface area contributed by atoms with Crippen LogP contribution in [0.1, 0.15) is 95.5 Å². The molecule has 1 heterocycles. The van der Waals surface area contributed by atoms with Crippen molar-refractivity contribution in [3.63, 3.8) is 0 Å². The van der Waals surface area contributed by atoms with Crippen molar-refractivity contribution in [3.8, 4) is 0 Å². The molecule has 2 N–H and O–H groups in total. The maximum absolute atomic E-state index is 3.77. The lowest BCUT2D eigenvalue weighted by molar-refractivity contribution is 0.474. The Hall–Kier alpha value is -1.14. The van der Waals surface area contributed by atoms with Gasteiger partial charge in [-0.05, 0) is 67.4 Å². The molecule has 170 valence electrons. The summed E-state index contributed by atoms with van der Waals surface area (Å²) in [6.45, 7) is 0.891. The minimum atomic E-state index is -1.32. The molecule has 0 radical (unpaired) electrons. The van der Waals surface area contributed by atoms with Crippen molar-refractivity contribution in [3.05, 3.63) is 47.3 Å². The summed E-state index contributed by atoms with van der Waals surface area (Å²) in [6.07, 6.45) is 20.4. The second kappa shape index (κ2) is 10.2. The van der Waals surface area contributed by atoms with Crippen LogP contribution >= 0.6 is 6.89 Å². The van der Waals surface area contributed by atoms with Crippen molar-refractivity contribution in [2.75, 3.05) is 13.1 Å². The maximum atomic E-state index is 3.77. The minimum absolute atomic E-state index is 0.820. The van der Waals surface area contributed by atoms with E-state index in [9.17, 15) is 0 Å². The third-order valence-electron chi connectivity index (χ3n) is 8.75. The molecule has 0 bridgehead atoms. The molecule has 1 saturated heterocycles. The summed E-state index contributed by atoms with van der Waals surface area (Å²) in [5, 5.41) is 7.54. The zero-order valence-corrected chi connectivity index (χ0v) is 20.4. The van der Waals surface area contributed by atoms with Crippen molar-refractivity contribution in [1.82, 2.24) is 10.6 Å². The fourth-order valence-electron chi connectivity index (χ4n) is 7.41. The molecule has 3 saturated carbocycles. The van der Waals surface area contributed by atoms with Crippen LogP contribution < -0.4 is 10.6 Å². The van der Waals surface area contributed by atoms with E-state index < -0.39 is 6.89 Å². The Morgan fingerprint density at radius 1 is 0.677 bits per heavy atom. The van der Waals surface area contributed by atoms with Crippen LogP contribution in [-0.4, -0.2) is 35.9 Å². The van der Waals surface area contributed by atoms with Crippen molar-refractivity contribution in [1.29, 1.82) is 0 Å². The summed E-state index contributed by atoms with van der Waals surface area (Å²) in [6, 6.07) is 11.5. The molecule has 3 aliphatic carbocycles. The van der Waals surface area contributed by atoms with Gasteiger partial charge in [-0.2, -0.15) is 0 Å². The smallest absolute Gasteiger partial charge is 0.0985 e. The molecule has 0 spiro atoms. The van der Waals surface area contributed by atoms with Crippen LogP contribution in [-0.2, 0) is 0 Å². The van der Waals surface area contributed by atoms with Crippen molar-refractivity contribution >= 4 is 12.7 Å². The Morgan fingerprint density at radius 2 is 1.26 bits per heavy atom. The number of allylic oxidation sites excluding steroid dienone is 1. The van der Waals surface area contributed by atoms with E-state index in [1.165, 1.54) is 101 Å². The van der Waals surface area contributed by atoms with Gasteiger partial charge < -0.3 is 10.6 Å². The molecule has 1 aliphatic heterocycles. The van der Waals surface area contributed by atoms with Crippen molar-refractivity contribution < 1.29 is 0 Å². The van der Waals surface area contributed by atoms with Crippen LogP contribution in [0.5, 0.6) is 0 Å². The lowest BCUT2D eigenvalue weighted by Gasteiger charge is -2.51. The van der Waals surface area contributed by atoms with Crippen LogP contribution in [0.25, 0.3) is 0 Å². The SMILES string of the molecule is C(c1ccccc1)=P(C1CCCCC1)(C1CCCCC1)C1CCCCC1=C1NCCN1. The summed E-state index contributed by atoms with van der Waals surface area (Å²) >= 11 is 0. The Balaban J connectivity index is 1.69. The quantitative estimate of drug-likeness (QED) is 0.501. The zero-order valence-electron chi connectivity index (χ0n) is 19.5. The van der Waals surface area contributed by atoms with E-state index in [1.54, 1.807) is 5.57 Å². The first kappa shape index (κ1) is 21.7. The number of benzene rings is 1. The van der Waals surface area contributed by atoms with Gasteiger partial charge in [0.1, 0.15) is 0 Å². The Labute approximate surface area is 190 Å². The van der Waals surface area contributed by atoms with E-state index in [0.29, 0.717) is 0 Å². The molecular formula is C28H43N2P. The van der Waals surface area contributed by atoms with Gasteiger partial charge in [-0.25, -0.2) is 0 Å². The van der Waals surface area contributed by atoms with E-state index in [1.807, 2.05) is 0 Å². The normalized spacial score (nSPS) is 26.4. The van der Waals surface area contributed by atoms with Gasteiger partial charge in [0.2, 0.25) is 0 Å². The van der Waals surface area contributed by atoms with Gasteiger partial charge in [0, 0.05) is 18.7 Å². The van der Waals surface area contributed by atoms with Gasteiger partial charge in [-0.15, -0.1) is 0 Å². The van der Waals surface area contributed by atoms with Gasteiger partial charge in [0.05, 0.1) is 5.82 Å². The number of hydrogen-bond donors (Lipinski definition) is 2. The second-order valence-corrected chi connectivity index (χ2v) is 14.7. The molecule has 5 rings (SSSR count). The maximum Gasteiger partial charge on any atom is 0.0985 e. The predicted octanol–water partition coefficient (Wildman–Crippen LogP) is 6.87. The highest BCUT2D eigenvalue weighted by Gasteiger charge is 2.45. The third-order valence-corrected chi connectivity index (χ3v) is 14.7. The largest absolute Gasteiger partial charge is 0.370 e. The van der Waals surface area contributed by atoms with Crippen LogP contribution in [0.3, 0.4) is 0 Å². The highest BCUT2D eigenvalue weighted by Crippen LogP contribution is 2.70. The highest BCUT2D eigenvalue weighted by atomic mass is 31.2. The molecule has 4 aliphatic rings. The number of rotatable bonds is 4.